The van der Waals surface area contributed by atoms with E-state index in [4.69, 9.17) is 0 Å². The highest BCUT2D eigenvalue weighted by molar-refractivity contribution is 5.80. The van der Waals surface area contributed by atoms with Crippen molar-refractivity contribution in [3.8, 4) is 0 Å². The normalized spacial score (nSPS) is 22.0. The maximum Gasteiger partial charge on any atom is 0.408 e. The molecule has 0 saturated carbocycles. The highest BCUT2D eigenvalue weighted by atomic mass is 19.4. The van der Waals surface area contributed by atoms with Crippen LogP contribution in [0.4, 0.5) is 17.6 Å². The topological polar surface area (TPSA) is 58.4 Å². The quantitative estimate of drug-likeness (QED) is 0.848. The first-order valence-corrected chi connectivity index (χ1v) is 7.26. The number of aryl methyl sites for hydroxylation is 1. The smallest absolute Gasteiger partial charge is 0.394 e. The zero-order chi connectivity index (χ0) is 17.4. The monoisotopic (exact) mass is 337 g/mol. The second kappa shape index (κ2) is 6.46. The van der Waals surface area contributed by atoms with Crippen molar-refractivity contribution in [2.45, 2.75) is 51.6 Å². The molecule has 0 aliphatic carbocycles. The molecule has 23 heavy (non-hydrogen) atoms. The van der Waals surface area contributed by atoms with Gasteiger partial charge in [-0.25, -0.2) is 4.39 Å². The number of aromatic nitrogens is 2. The molecular weight excluding hydrogens is 318 g/mol. The van der Waals surface area contributed by atoms with Gasteiger partial charge in [0.1, 0.15) is 12.7 Å². The van der Waals surface area contributed by atoms with E-state index < -0.39 is 30.8 Å². The lowest BCUT2D eigenvalue weighted by atomic mass is 10.1. The van der Waals surface area contributed by atoms with Gasteiger partial charge in [0.05, 0.1) is 31.3 Å². The molecule has 0 unspecified atom stereocenters. The Kier molecular flexibility index (Phi) is 4.98. The number of carbonyl (C=O) groups is 1. The molecule has 2 atom stereocenters. The zero-order valence-electron chi connectivity index (χ0n) is 12.9. The third-order valence-corrected chi connectivity index (χ3v) is 4.08. The van der Waals surface area contributed by atoms with Gasteiger partial charge in [0.15, 0.2) is 0 Å². The third-order valence-electron chi connectivity index (χ3n) is 4.08. The summed E-state index contributed by atoms with van der Waals surface area (Å²) in [5.74, 6) is -0.415. The zero-order valence-corrected chi connectivity index (χ0v) is 12.9. The highest BCUT2D eigenvalue weighted by Crippen LogP contribution is 2.24. The maximum absolute atomic E-state index is 13.4. The SMILES string of the molecule is Cc1nn(CC(F)(F)F)c(C)c1CC(=O)N1C[C@@H](F)C[C@H]1CO. The fourth-order valence-electron chi connectivity index (χ4n) is 2.90. The van der Waals surface area contributed by atoms with Crippen molar-refractivity contribution in [3.05, 3.63) is 17.0 Å². The highest BCUT2D eigenvalue weighted by Gasteiger charge is 2.35. The third kappa shape index (κ3) is 4.01. The summed E-state index contributed by atoms with van der Waals surface area (Å²) in [5, 5.41) is 13.0. The predicted molar refractivity (Wildman–Crippen MR) is 73.6 cm³/mol. The van der Waals surface area contributed by atoms with E-state index in [-0.39, 0.29) is 31.7 Å². The molecular formula is C14H19F4N3O2. The number of amides is 1. The summed E-state index contributed by atoms with van der Waals surface area (Å²) in [4.78, 5) is 13.6. The number of aliphatic hydroxyl groups is 1. The van der Waals surface area contributed by atoms with Gasteiger partial charge in [-0.15, -0.1) is 0 Å². The Bertz CT molecular complexity index is 585. The summed E-state index contributed by atoms with van der Waals surface area (Å²) in [6.07, 6.45) is -5.67. The van der Waals surface area contributed by atoms with Crippen LogP contribution >= 0.6 is 0 Å². The van der Waals surface area contributed by atoms with Gasteiger partial charge in [0.25, 0.3) is 0 Å². The molecule has 0 spiro atoms. The van der Waals surface area contributed by atoms with E-state index in [1.165, 1.54) is 18.7 Å². The number of aliphatic hydroxyl groups excluding tert-OH is 1. The van der Waals surface area contributed by atoms with Crippen LogP contribution < -0.4 is 0 Å². The standard InChI is InChI=1S/C14H19F4N3O2/c1-8-12(9(2)21(19-8)7-14(16,17)18)4-13(23)20-5-10(15)3-11(20)6-22/h10-11,22H,3-7H2,1-2H3/t10-,11-/m0/s1. The number of hydrogen-bond acceptors (Lipinski definition) is 3. The van der Waals surface area contributed by atoms with Gasteiger partial charge in [-0.2, -0.15) is 18.3 Å². The first-order valence-electron chi connectivity index (χ1n) is 7.26. The molecule has 1 amide bonds. The number of likely N-dealkylation sites (tertiary alicyclic amines) is 1. The molecule has 1 aromatic rings. The fraction of sp³-hybridized carbons (Fsp3) is 0.714. The molecule has 5 nitrogen and oxygen atoms in total. The van der Waals surface area contributed by atoms with E-state index in [1.54, 1.807) is 0 Å². The largest absolute Gasteiger partial charge is 0.408 e. The molecule has 9 heteroatoms. The minimum atomic E-state index is -4.40. The van der Waals surface area contributed by atoms with Crippen molar-refractivity contribution in [1.29, 1.82) is 0 Å². The van der Waals surface area contributed by atoms with E-state index in [1.807, 2.05) is 0 Å². The van der Waals surface area contributed by atoms with Crippen LogP contribution in [0.15, 0.2) is 0 Å². The lowest BCUT2D eigenvalue weighted by Crippen LogP contribution is -2.39. The van der Waals surface area contributed by atoms with Crippen LogP contribution in [0, 0.1) is 13.8 Å². The minimum absolute atomic E-state index is 0.0769. The van der Waals surface area contributed by atoms with Gasteiger partial charge < -0.3 is 10.0 Å². The van der Waals surface area contributed by atoms with Crippen LogP contribution in [0.25, 0.3) is 0 Å². The van der Waals surface area contributed by atoms with Crippen LogP contribution in [0.3, 0.4) is 0 Å². The van der Waals surface area contributed by atoms with Crippen molar-refractivity contribution in [2.75, 3.05) is 13.2 Å². The molecule has 1 aliphatic heterocycles. The van der Waals surface area contributed by atoms with E-state index in [0.717, 1.165) is 4.68 Å². The Labute approximate surface area is 130 Å². The average Bonchev–Trinajstić information content (AvgIpc) is 2.92. The predicted octanol–water partition coefficient (Wildman–Crippen LogP) is 1.54. The van der Waals surface area contributed by atoms with E-state index in [0.29, 0.717) is 11.3 Å². The van der Waals surface area contributed by atoms with Gasteiger partial charge in [-0.1, -0.05) is 0 Å². The summed E-state index contributed by atoms with van der Waals surface area (Å²) in [6, 6.07) is -0.580. The number of halogens is 4. The fourth-order valence-corrected chi connectivity index (χ4v) is 2.90. The van der Waals surface area contributed by atoms with E-state index >= 15 is 0 Å². The Balaban J connectivity index is 2.15. The van der Waals surface area contributed by atoms with Crippen molar-refractivity contribution < 1.29 is 27.5 Å². The van der Waals surface area contributed by atoms with Crippen LogP contribution in [0.2, 0.25) is 0 Å². The summed E-state index contributed by atoms with van der Waals surface area (Å²) >= 11 is 0. The molecule has 130 valence electrons. The van der Waals surface area contributed by atoms with Crippen molar-refractivity contribution in [1.82, 2.24) is 14.7 Å². The van der Waals surface area contributed by atoms with E-state index in [9.17, 15) is 27.5 Å². The maximum atomic E-state index is 13.4. The van der Waals surface area contributed by atoms with Gasteiger partial charge in [0, 0.05) is 17.7 Å². The Hall–Kier alpha value is -1.64. The molecule has 1 aliphatic rings. The molecule has 0 aromatic carbocycles. The Morgan fingerprint density at radius 1 is 1.39 bits per heavy atom. The van der Waals surface area contributed by atoms with Gasteiger partial charge >= 0.3 is 6.18 Å². The Morgan fingerprint density at radius 3 is 2.61 bits per heavy atom. The molecule has 1 N–H and O–H groups in total. The van der Waals surface area contributed by atoms with Gasteiger partial charge in [-0.3, -0.25) is 9.48 Å². The molecule has 1 fully saturated rings. The van der Waals surface area contributed by atoms with Crippen LogP contribution in [0.1, 0.15) is 23.4 Å². The number of nitrogens with zero attached hydrogens (tertiary/aromatic N) is 3. The number of carbonyl (C=O) groups excluding carboxylic acids is 1. The minimum Gasteiger partial charge on any atom is -0.394 e. The molecule has 0 bridgehead atoms. The average molecular weight is 337 g/mol. The number of hydrogen-bond donors (Lipinski definition) is 1. The number of alkyl halides is 4. The summed E-state index contributed by atoms with van der Waals surface area (Å²) in [6.45, 7) is 1.35. The van der Waals surface area contributed by atoms with Crippen molar-refractivity contribution >= 4 is 5.91 Å². The summed E-state index contributed by atoms with van der Waals surface area (Å²) in [5.41, 5.74) is 1.03. The lowest BCUT2D eigenvalue weighted by Gasteiger charge is -2.22. The molecule has 2 heterocycles. The van der Waals surface area contributed by atoms with Crippen molar-refractivity contribution in [2.24, 2.45) is 0 Å². The first-order chi connectivity index (χ1) is 10.6. The Morgan fingerprint density at radius 2 is 2.04 bits per heavy atom. The molecule has 1 saturated heterocycles. The van der Waals surface area contributed by atoms with Crippen LogP contribution in [-0.2, 0) is 17.8 Å². The molecule has 2 rings (SSSR count). The van der Waals surface area contributed by atoms with Gasteiger partial charge in [0.2, 0.25) is 5.91 Å². The number of rotatable bonds is 4. The second-order valence-electron chi connectivity index (χ2n) is 5.81. The first kappa shape index (κ1) is 17.7. The van der Waals surface area contributed by atoms with Crippen molar-refractivity contribution in [3.63, 3.8) is 0 Å². The van der Waals surface area contributed by atoms with Crippen LogP contribution in [0.5, 0.6) is 0 Å². The summed E-state index contributed by atoms with van der Waals surface area (Å²) < 4.78 is 51.8. The second-order valence-corrected chi connectivity index (χ2v) is 5.81. The lowest BCUT2D eigenvalue weighted by molar-refractivity contribution is -0.143. The molecule has 1 aromatic heterocycles. The van der Waals surface area contributed by atoms with E-state index in [2.05, 4.69) is 5.10 Å². The van der Waals surface area contributed by atoms with Gasteiger partial charge in [-0.05, 0) is 13.8 Å². The summed E-state index contributed by atoms with van der Waals surface area (Å²) in [7, 11) is 0. The molecule has 0 radical (unpaired) electrons. The van der Waals surface area contributed by atoms with Crippen LogP contribution in [-0.4, -0.2) is 57.2 Å².